The van der Waals surface area contributed by atoms with Crippen molar-refractivity contribution in [1.29, 1.82) is 0 Å². The third-order valence-electron chi connectivity index (χ3n) is 3.37. The van der Waals surface area contributed by atoms with Crippen LogP contribution >= 0.6 is 0 Å². The van der Waals surface area contributed by atoms with Gasteiger partial charge in [0.25, 0.3) is 0 Å². The van der Waals surface area contributed by atoms with Crippen molar-refractivity contribution in [3.05, 3.63) is 29.3 Å². The van der Waals surface area contributed by atoms with Crippen molar-refractivity contribution in [2.45, 2.75) is 26.2 Å². The molecule has 1 unspecified atom stereocenters. The molecule has 1 aromatic rings. The summed E-state index contributed by atoms with van der Waals surface area (Å²) in [5, 5.41) is 0. The summed E-state index contributed by atoms with van der Waals surface area (Å²) < 4.78 is 23.1. The highest BCUT2D eigenvalue weighted by Crippen LogP contribution is 2.25. The van der Waals surface area contributed by atoms with Crippen LogP contribution in [0.1, 0.15) is 24.0 Å². The molecule has 1 aliphatic rings. The second-order valence-electron chi connectivity index (χ2n) is 5.03. The molecular formula is C13H19NO2S. The van der Waals surface area contributed by atoms with Crippen molar-refractivity contribution in [2.75, 3.05) is 17.2 Å². The zero-order valence-corrected chi connectivity index (χ0v) is 11.0. The lowest BCUT2D eigenvalue weighted by Gasteiger charge is -2.22. The highest BCUT2D eigenvalue weighted by molar-refractivity contribution is 7.91. The topological polar surface area (TPSA) is 60.2 Å². The maximum Gasteiger partial charge on any atom is 0.150 e. The van der Waals surface area contributed by atoms with Gasteiger partial charge in [0.1, 0.15) is 0 Å². The van der Waals surface area contributed by atoms with Crippen LogP contribution in [-0.2, 0) is 16.3 Å². The van der Waals surface area contributed by atoms with Gasteiger partial charge in [0, 0.05) is 5.69 Å². The Labute approximate surface area is 103 Å². The summed E-state index contributed by atoms with van der Waals surface area (Å²) in [5.74, 6) is 0.909. The van der Waals surface area contributed by atoms with Gasteiger partial charge in [-0.2, -0.15) is 0 Å². The molecule has 0 radical (unpaired) electrons. The van der Waals surface area contributed by atoms with E-state index in [-0.39, 0.29) is 5.92 Å². The Hall–Kier alpha value is -1.03. The molecule has 1 saturated heterocycles. The lowest BCUT2D eigenvalue weighted by Crippen LogP contribution is -2.26. The average Bonchev–Trinajstić information content (AvgIpc) is 2.21. The number of nitrogen functional groups attached to an aromatic ring is 1. The molecule has 0 bridgehead atoms. The summed E-state index contributed by atoms with van der Waals surface area (Å²) >= 11 is 0. The quantitative estimate of drug-likeness (QED) is 0.819. The van der Waals surface area contributed by atoms with Crippen LogP contribution in [0.15, 0.2) is 18.2 Å². The van der Waals surface area contributed by atoms with Crippen molar-refractivity contribution in [3.63, 3.8) is 0 Å². The molecule has 0 spiro atoms. The number of nitrogens with two attached hydrogens (primary N) is 1. The first kappa shape index (κ1) is 12.4. The monoisotopic (exact) mass is 253 g/mol. The van der Waals surface area contributed by atoms with Crippen molar-refractivity contribution >= 4 is 15.5 Å². The Balaban J connectivity index is 2.10. The zero-order chi connectivity index (χ0) is 12.5. The van der Waals surface area contributed by atoms with Crippen LogP contribution in [0.25, 0.3) is 0 Å². The van der Waals surface area contributed by atoms with E-state index in [1.54, 1.807) is 0 Å². The van der Waals surface area contributed by atoms with Gasteiger partial charge < -0.3 is 5.73 Å². The summed E-state index contributed by atoms with van der Waals surface area (Å²) in [5.41, 5.74) is 8.96. The fourth-order valence-electron chi connectivity index (χ4n) is 2.49. The Kier molecular flexibility index (Phi) is 3.43. The number of aryl methyl sites for hydroxylation is 1. The molecule has 17 heavy (non-hydrogen) atoms. The van der Waals surface area contributed by atoms with Crippen LogP contribution in [0.4, 0.5) is 5.69 Å². The Morgan fingerprint density at radius 1 is 1.41 bits per heavy atom. The average molecular weight is 253 g/mol. The van der Waals surface area contributed by atoms with Gasteiger partial charge in [-0.25, -0.2) is 8.42 Å². The van der Waals surface area contributed by atoms with Crippen LogP contribution in [0.5, 0.6) is 0 Å². The molecule has 0 saturated carbocycles. The largest absolute Gasteiger partial charge is 0.398 e. The van der Waals surface area contributed by atoms with E-state index in [9.17, 15) is 8.42 Å². The third-order valence-corrected chi connectivity index (χ3v) is 5.26. The van der Waals surface area contributed by atoms with Crippen LogP contribution in [0, 0.1) is 12.8 Å². The fraction of sp³-hybridized carbons (Fsp3) is 0.538. The first-order valence-corrected chi connectivity index (χ1v) is 7.84. The predicted octanol–water partition coefficient (Wildman–Crippen LogP) is 1.94. The van der Waals surface area contributed by atoms with E-state index in [1.165, 1.54) is 0 Å². The SMILES string of the molecule is Cc1ccc(CC2CCCS(=O)(=O)C2)c(N)c1. The number of sulfone groups is 1. The smallest absolute Gasteiger partial charge is 0.150 e. The summed E-state index contributed by atoms with van der Waals surface area (Å²) in [7, 11) is -2.81. The molecule has 1 heterocycles. The molecule has 1 aromatic carbocycles. The number of rotatable bonds is 2. The maximum atomic E-state index is 11.6. The molecule has 0 aliphatic carbocycles. The lowest BCUT2D eigenvalue weighted by atomic mass is 9.95. The van der Waals surface area contributed by atoms with E-state index in [0.29, 0.717) is 11.5 Å². The molecule has 2 N–H and O–H groups in total. The Morgan fingerprint density at radius 2 is 2.18 bits per heavy atom. The highest BCUT2D eigenvalue weighted by atomic mass is 32.2. The van der Waals surface area contributed by atoms with Gasteiger partial charge >= 0.3 is 0 Å². The number of hydrogen-bond acceptors (Lipinski definition) is 3. The van der Waals surface area contributed by atoms with Crippen molar-refractivity contribution in [1.82, 2.24) is 0 Å². The molecule has 0 aromatic heterocycles. The van der Waals surface area contributed by atoms with Gasteiger partial charge in [0.05, 0.1) is 11.5 Å². The minimum atomic E-state index is -2.81. The molecule has 1 atom stereocenters. The highest BCUT2D eigenvalue weighted by Gasteiger charge is 2.25. The minimum absolute atomic E-state index is 0.235. The fourth-order valence-corrected chi connectivity index (χ4v) is 4.27. The summed E-state index contributed by atoms with van der Waals surface area (Å²) in [4.78, 5) is 0. The summed E-state index contributed by atoms with van der Waals surface area (Å²) in [6.45, 7) is 2.01. The van der Waals surface area contributed by atoms with Crippen LogP contribution < -0.4 is 5.73 Å². The number of benzene rings is 1. The lowest BCUT2D eigenvalue weighted by molar-refractivity contribution is 0.484. The van der Waals surface area contributed by atoms with E-state index in [1.807, 2.05) is 25.1 Å². The van der Waals surface area contributed by atoms with E-state index in [2.05, 4.69) is 0 Å². The normalized spacial score (nSPS) is 23.5. The van der Waals surface area contributed by atoms with Gasteiger partial charge in [-0.15, -0.1) is 0 Å². The van der Waals surface area contributed by atoms with Crippen LogP contribution in [0.3, 0.4) is 0 Å². The molecule has 2 rings (SSSR count). The summed E-state index contributed by atoms with van der Waals surface area (Å²) in [6.07, 6.45) is 2.57. The molecule has 94 valence electrons. The van der Waals surface area contributed by atoms with Gasteiger partial charge in [0.15, 0.2) is 9.84 Å². The Bertz CT molecular complexity index is 508. The third kappa shape index (κ3) is 3.22. The molecule has 4 heteroatoms. The standard InChI is InChI=1S/C13H19NO2S/c1-10-4-5-12(13(14)7-10)8-11-3-2-6-17(15,16)9-11/h4-5,7,11H,2-3,6,8-9,14H2,1H3. The van der Waals surface area contributed by atoms with Crippen molar-refractivity contribution in [3.8, 4) is 0 Å². The predicted molar refractivity (Wildman–Crippen MR) is 70.7 cm³/mol. The summed E-state index contributed by atoms with van der Waals surface area (Å²) in [6, 6.07) is 6.00. The van der Waals surface area contributed by atoms with E-state index in [4.69, 9.17) is 5.73 Å². The minimum Gasteiger partial charge on any atom is -0.398 e. The van der Waals surface area contributed by atoms with Gasteiger partial charge in [-0.3, -0.25) is 0 Å². The second kappa shape index (κ2) is 4.69. The first-order valence-electron chi connectivity index (χ1n) is 6.02. The second-order valence-corrected chi connectivity index (χ2v) is 7.26. The number of anilines is 1. The van der Waals surface area contributed by atoms with Gasteiger partial charge in [-0.1, -0.05) is 12.1 Å². The van der Waals surface area contributed by atoms with Crippen LogP contribution in [0.2, 0.25) is 0 Å². The van der Waals surface area contributed by atoms with Crippen LogP contribution in [-0.4, -0.2) is 19.9 Å². The maximum absolute atomic E-state index is 11.6. The van der Waals surface area contributed by atoms with Crippen molar-refractivity contribution < 1.29 is 8.42 Å². The first-order chi connectivity index (χ1) is 7.96. The Morgan fingerprint density at radius 3 is 2.82 bits per heavy atom. The molecular weight excluding hydrogens is 234 g/mol. The molecule has 1 fully saturated rings. The molecule has 0 amide bonds. The van der Waals surface area contributed by atoms with Gasteiger partial charge in [0.2, 0.25) is 0 Å². The van der Waals surface area contributed by atoms with Crippen molar-refractivity contribution in [2.24, 2.45) is 5.92 Å². The van der Waals surface area contributed by atoms with E-state index < -0.39 is 9.84 Å². The van der Waals surface area contributed by atoms with E-state index >= 15 is 0 Å². The molecule has 1 aliphatic heterocycles. The molecule has 3 nitrogen and oxygen atoms in total. The van der Waals surface area contributed by atoms with Gasteiger partial charge in [-0.05, 0) is 49.3 Å². The van der Waals surface area contributed by atoms with E-state index in [0.717, 1.165) is 36.1 Å². The number of hydrogen-bond donors (Lipinski definition) is 1. The zero-order valence-electron chi connectivity index (χ0n) is 10.1.